The molecule has 1 unspecified atom stereocenters. The molecule has 0 radical (unpaired) electrons. The van der Waals surface area contributed by atoms with Gasteiger partial charge in [-0.25, -0.2) is 9.97 Å². The first-order chi connectivity index (χ1) is 9.58. The Bertz CT molecular complexity index is 593. The number of nitrogens with one attached hydrogen (secondary N) is 1. The lowest BCUT2D eigenvalue weighted by molar-refractivity contribution is -0.141. The van der Waals surface area contributed by atoms with E-state index in [1.165, 1.54) is 6.33 Å². The molecule has 0 saturated carbocycles. The molecule has 5 nitrogen and oxygen atoms in total. The summed E-state index contributed by atoms with van der Waals surface area (Å²) in [6, 6.07) is 7.67. The van der Waals surface area contributed by atoms with Crippen molar-refractivity contribution in [1.29, 1.82) is 0 Å². The number of benzene rings is 1. The number of anilines is 1. The molecule has 5 heteroatoms. The maximum atomic E-state index is 11.2. The van der Waals surface area contributed by atoms with E-state index >= 15 is 0 Å². The molecule has 0 saturated heterocycles. The van der Waals surface area contributed by atoms with Crippen molar-refractivity contribution in [3.63, 3.8) is 0 Å². The Morgan fingerprint density at radius 3 is 2.75 bits per heavy atom. The minimum absolute atomic E-state index is 0.347. The van der Waals surface area contributed by atoms with E-state index in [2.05, 4.69) is 15.3 Å². The van der Waals surface area contributed by atoms with Gasteiger partial charge in [-0.2, -0.15) is 0 Å². The number of para-hydroxylation sites is 1. The quantitative estimate of drug-likeness (QED) is 0.846. The Hall–Kier alpha value is -2.17. The SMILES string of the molecule is CC(C)CC(CNc1ncnc2ccccc12)C(=O)O. The molecule has 0 amide bonds. The first-order valence-corrected chi connectivity index (χ1v) is 6.74. The van der Waals surface area contributed by atoms with Gasteiger partial charge in [0.1, 0.15) is 12.1 Å². The first kappa shape index (κ1) is 14.2. The number of carboxylic acid groups (broad SMARTS) is 1. The molecule has 1 heterocycles. The van der Waals surface area contributed by atoms with Crippen LogP contribution in [-0.4, -0.2) is 27.6 Å². The lowest BCUT2D eigenvalue weighted by Crippen LogP contribution is -2.24. The summed E-state index contributed by atoms with van der Waals surface area (Å²) in [6.07, 6.45) is 2.13. The molecule has 0 aliphatic carbocycles. The molecule has 1 atom stereocenters. The summed E-state index contributed by atoms with van der Waals surface area (Å²) in [4.78, 5) is 19.6. The average Bonchev–Trinajstić information content (AvgIpc) is 2.42. The van der Waals surface area contributed by atoms with Crippen molar-refractivity contribution in [3.8, 4) is 0 Å². The molecule has 0 aliphatic heterocycles. The van der Waals surface area contributed by atoms with Crippen molar-refractivity contribution in [2.24, 2.45) is 11.8 Å². The second-order valence-electron chi connectivity index (χ2n) is 5.29. The third kappa shape index (κ3) is 3.44. The maximum absolute atomic E-state index is 11.2. The fourth-order valence-corrected chi connectivity index (χ4v) is 2.21. The van der Waals surface area contributed by atoms with Gasteiger partial charge in [-0.15, -0.1) is 0 Å². The average molecular weight is 273 g/mol. The number of carbonyl (C=O) groups is 1. The van der Waals surface area contributed by atoms with Crippen molar-refractivity contribution in [3.05, 3.63) is 30.6 Å². The van der Waals surface area contributed by atoms with Crippen molar-refractivity contribution < 1.29 is 9.90 Å². The summed E-state index contributed by atoms with van der Waals surface area (Å²) in [5.74, 6) is -0.154. The molecule has 0 spiro atoms. The van der Waals surface area contributed by atoms with Gasteiger partial charge in [-0.1, -0.05) is 26.0 Å². The molecule has 20 heavy (non-hydrogen) atoms. The van der Waals surface area contributed by atoms with E-state index in [1.807, 2.05) is 38.1 Å². The molecule has 1 aromatic heterocycles. The Labute approximate surface area is 118 Å². The van der Waals surface area contributed by atoms with Crippen LogP contribution >= 0.6 is 0 Å². The zero-order valence-corrected chi connectivity index (χ0v) is 11.7. The van der Waals surface area contributed by atoms with Gasteiger partial charge in [0.15, 0.2) is 0 Å². The fraction of sp³-hybridized carbons (Fsp3) is 0.400. The predicted molar refractivity (Wildman–Crippen MR) is 78.6 cm³/mol. The van der Waals surface area contributed by atoms with Crippen molar-refractivity contribution in [2.45, 2.75) is 20.3 Å². The molecule has 0 bridgehead atoms. The standard InChI is InChI=1S/C15H19N3O2/c1-10(2)7-11(15(19)20)8-16-14-12-5-3-4-6-13(12)17-9-18-14/h3-6,9-11H,7-8H2,1-2H3,(H,19,20)(H,16,17,18). The van der Waals surface area contributed by atoms with Gasteiger partial charge in [0.2, 0.25) is 0 Å². The molecule has 0 fully saturated rings. The smallest absolute Gasteiger partial charge is 0.308 e. The molecular formula is C15H19N3O2. The largest absolute Gasteiger partial charge is 0.481 e. The Kier molecular flexibility index (Phi) is 4.50. The van der Waals surface area contributed by atoms with Crippen LogP contribution in [0.1, 0.15) is 20.3 Å². The van der Waals surface area contributed by atoms with E-state index in [-0.39, 0.29) is 0 Å². The summed E-state index contributed by atoms with van der Waals surface area (Å²) < 4.78 is 0. The summed E-state index contributed by atoms with van der Waals surface area (Å²) in [7, 11) is 0. The molecule has 0 aliphatic rings. The Balaban J connectivity index is 2.13. The van der Waals surface area contributed by atoms with Crippen molar-refractivity contribution >= 4 is 22.7 Å². The Morgan fingerprint density at radius 1 is 1.30 bits per heavy atom. The number of nitrogens with zero attached hydrogens (tertiary/aromatic N) is 2. The van der Waals surface area contributed by atoms with E-state index < -0.39 is 11.9 Å². The zero-order valence-electron chi connectivity index (χ0n) is 11.7. The molecular weight excluding hydrogens is 254 g/mol. The zero-order chi connectivity index (χ0) is 14.5. The molecule has 106 valence electrons. The number of fused-ring (bicyclic) bond motifs is 1. The van der Waals surface area contributed by atoms with Gasteiger partial charge < -0.3 is 10.4 Å². The monoisotopic (exact) mass is 273 g/mol. The predicted octanol–water partition coefficient (Wildman–Crippen LogP) is 2.79. The lowest BCUT2D eigenvalue weighted by Gasteiger charge is -2.16. The van der Waals surface area contributed by atoms with Crippen LogP contribution in [0.3, 0.4) is 0 Å². The third-order valence-electron chi connectivity index (χ3n) is 3.16. The van der Waals surface area contributed by atoms with E-state index in [0.717, 1.165) is 10.9 Å². The highest BCUT2D eigenvalue weighted by Gasteiger charge is 2.19. The minimum Gasteiger partial charge on any atom is -0.481 e. The van der Waals surface area contributed by atoms with Crippen molar-refractivity contribution in [1.82, 2.24) is 9.97 Å². The van der Waals surface area contributed by atoms with Gasteiger partial charge >= 0.3 is 5.97 Å². The number of hydrogen-bond acceptors (Lipinski definition) is 4. The first-order valence-electron chi connectivity index (χ1n) is 6.74. The van der Waals surface area contributed by atoms with Crippen LogP contribution in [0, 0.1) is 11.8 Å². The number of aromatic nitrogens is 2. The van der Waals surface area contributed by atoms with Crippen LogP contribution in [0.25, 0.3) is 10.9 Å². The summed E-state index contributed by atoms with van der Waals surface area (Å²) in [6.45, 7) is 4.42. The van der Waals surface area contributed by atoms with Crippen LogP contribution in [0.5, 0.6) is 0 Å². The molecule has 2 N–H and O–H groups in total. The van der Waals surface area contributed by atoms with Gasteiger partial charge in [0.05, 0.1) is 11.4 Å². The van der Waals surface area contributed by atoms with E-state index in [0.29, 0.717) is 24.7 Å². The van der Waals surface area contributed by atoms with Crippen LogP contribution < -0.4 is 5.32 Å². The second kappa shape index (κ2) is 6.32. The summed E-state index contributed by atoms with van der Waals surface area (Å²) in [5.41, 5.74) is 0.848. The van der Waals surface area contributed by atoms with Gasteiger partial charge in [0, 0.05) is 11.9 Å². The number of aliphatic carboxylic acids is 1. The summed E-state index contributed by atoms with van der Waals surface area (Å²) >= 11 is 0. The summed E-state index contributed by atoms with van der Waals surface area (Å²) in [5, 5.41) is 13.3. The van der Waals surface area contributed by atoms with Crippen LogP contribution in [0.4, 0.5) is 5.82 Å². The number of carboxylic acids is 1. The third-order valence-corrected chi connectivity index (χ3v) is 3.16. The van der Waals surface area contributed by atoms with Crippen molar-refractivity contribution in [2.75, 3.05) is 11.9 Å². The molecule has 2 rings (SSSR count). The van der Waals surface area contributed by atoms with E-state index in [9.17, 15) is 9.90 Å². The number of hydrogen-bond donors (Lipinski definition) is 2. The van der Waals surface area contributed by atoms with E-state index in [4.69, 9.17) is 0 Å². The van der Waals surface area contributed by atoms with Gasteiger partial charge in [-0.3, -0.25) is 4.79 Å². The topological polar surface area (TPSA) is 75.1 Å². The van der Waals surface area contributed by atoms with Gasteiger partial charge in [-0.05, 0) is 24.5 Å². The number of rotatable bonds is 6. The van der Waals surface area contributed by atoms with Crippen LogP contribution in [0.2, 0.25) is 0 Å². The Morgan fingerprint density at radius 2 is 2.05 bits per heavy atom. The highest BCUT2D eigenvalue weighted by atomic mass is 16.4. The maximum Gasteiger partial charge on any atom is 0.308 e. The van der Waals surface area contributed by atoms with Crippen LogP contribution in [0.15, 0.2) is 30.6 Å². The van der Waals surface area contributed by atoms with Gasteiger partial charge in [0.25, 0.3) is 0 Å². The molecule has 1 aromatic carbocycles. The molecule has 2 aromatic rings. The highest BCUT2D eigenvalue weighted by molar-refractivity contribution is 5.88. The normalized spacial score (nSPS) is 12.6. The van der Waals surface area contributed by atoms with E-state index in [1.54, 1.807) is 0 Å². The highest BCUT2D eigenvalue weighted by Crippen LogP contribution is 2.19. The lowest BCUT2D eigenvalue weighted by atomic mass is 9.97. The fourth-order valence-electron chi connectivity index (χ4n) is 2.21. The van der Waals surface area contributed by atoms with Crippen LogP contribution in [-0.2, 0) is 4.79 Å². The second-order valence-corrected chi connectivity index (χ2v) is 5.29. The minimum atomic E-state index is -0.774.